The lowest BCUT2D eigenvalue weighted by molar-refractivity contribution is 0.0908. The lowest BCUT2D eigenvalue weighted by Crippen LogP contribution is -2.45. The van der Waals surface area contributed by atoms with E-state index in [1.807, 2.05) is 0 Å². The van der Waals surface area contributed by atoms with Gasteiger partial charge >= 0.3 is 0 Å². The van der Waals surface area contributed by atoms with Gasteiger partial charge in [-0.3, -0.25) is 4.79 Å². The van der Waals surface area contributed by atoms with Gasteiger partial charge in [0.15, 0.2) is 0 Å². The quantitative estimate of drug-likeness (QED) is 0.859. The molecular formula is C14H21ClF2N2OS. The first kappa shape index (κ1) is 18.3. The first-order valence-electron chi connectivity index (χ1n) is 7.00. The fourth-order valence-corrected chi connectivity index (χ4v) is 3.63. The second-order valence-corrected chi connectivity index (χ2v) is 6.14. The van der Waals surface area contributed by atoms with Crippen molar-refractivity contribution >= 4 is 29.7 Å². The van der Waals surface area contributed by atoms with E-state index in [9.17, 15) is 13.6 Å². The van der Waals surface area contributed by atoms with Crippen molar-refractivity contribution in [3.8, 4) is 0 Å². The van der Waals surface area contributed by atoms with E-state index in [4.69, 9.17) is 5.73 Å². The van der Waals surface area contributed by atoms with Gasteiger partial charge in [0, 0.05) is 18.2 Å². The summed E-state index contributed by atoms with van der Waals surface area (Å²) in [5.41, 5.74) is 5.56. The van der Waals surface area contributed by atoms with E-state index < -0.39 is 12.3 Å². The third-order valence-electron chi connectivity index (χ3n) is 3.93. The maximum Gasteiger partial charge on any atom is 0.265 e. The molecule has 1 aromatic rings. The van der Waals surface area contributed by atoms with Crippen LogP contribution in [0.4, 0.5) is 8.78 Å². The Balaban J connectivity index is 0.00000220. The molecule has 1 aliphatic carbocycles. The molecule has 7 heteroatoms. The minimum Gasteiger partial charge on any atom is -0.347 e. The van der Waals surface area contributed by atoms with Gasteiger partial charge in [0.1, 0.15) is 4.88 Å². The molecule has 1 aromatic heterocycles. The monoisotopic (exact) mass is 338 g/mol. The van der Waals surface area contributed by atoms with Crippen molar-refractivity contribution in [2.45, 2.75) is 44.6 Å². The van der Waals surface area contributed by atoms with Crippen LogP contribution in [0.25, 0.3) is 0 Å². The average molecular weight is 339 g/mol. The highest BCUT2D eigenvalue weighted by Gasteiger charge is 2.26. The van der Waals surface area contributed by atoms with Crippen molar-refractivity contribution in [1.29, 1.82) is 0 Å². The second kappa shape index (κ2) is 8.66. The summed E-state index contributed by atoms with van der Waals surface area (Å²) in [7, 11) is 0. The third kappa shape index (κ3) is 4.63. The zero-order valence-electron chi connectivity index (χ0n) is 11.7. The first-order chi connectivity index (χ1) is 9.63. The van der Waals surface area contributed by atoms with Crippen LogP contribution in [0.3, 0.4) is 0 Å². The molecule has 120 valence electrons. The van der Waals surface area contributed by atoms with Gasteiger partial charge in [0.2, 0.25) is 0 Å². The van der Waals surface area contributed by atoms with Gasteiger partial charge in [0.25, 0.3) is 12.3 Å². The number of nitrogens with one attached hydrogen (secondary N) is 1. The van der Waals surface area contributed by atoms with E-state index in [1.54, 1.807) is 0 Å². The minimum atomic E-state index is -2.62. The molecule has 0 aromatic carbocycles. The third-order valence-corrected chi connectivity index (χ3v) is 4.86. The number of alkyl halides is 2. The van der Waals surface area contributed by atoms with Crippen molar-refractivity contribution in [1.82, 2.24) is 5.32 Å². The largest absolute Gasteiger partial charge is 0.347 e. The smallest absolute Gasteiger partial charge is 0.265 e. The number of carbonyl (C=O) groups excluding carboxylic acids is 1. The van der Waals surface area contributed by atoms with Crippen molar-refractivity contribution < 1.29 is 13.6 Å². The molecule has 0 aliphatic heterocycles. The highest BCUT2D eigenvalue weighted by atomic mass is 35.5. The SMILES string of the molecule is Cl.NCC(NC(=O)c1sccc1C(F)F)C1CCCCC1. The van der Waals surface area contributed by atoms with E-state index >= 15 is 0 Å². The van der Waals surface area contributed by atoms with Gasteiger partial charge in [-0.15, -0.1) is 23.7 Å². The van der Waals surface area contributed by atoms with E-state index in [-0.39, 0.29) is 28.9 Å². The number of carbonyl (C=O) groups is 1. The molecule has 0 bridgehead atoms. The number of hydrogen-bond acceptors (Lipinski definition) is 3. The number of nitrogens with two attached hydrogens (primary N) is 1. The standard InChI is InChI=1S/C14H20F2N2OS.ClH/c15-13(16)10-6-7-20-12(10)14(19)18-11(8-17)9-4-2-1-3-5-9;/h6-7,9,11,13H,1-5,8,17H2,(H,18,19);1H. The van der Waals surface area contributed by atoms with Gasteiger partial charge in [0.05, 0.1) is 0 Å². The molecule has 1 unspecified atom stereocenters. The number of amides is 1. The molecule has 3 N–H and O–H groups in total. The van der Waals surface area contributed by atoms with Crippen molar-refractivity contribution in [3.05, 3.63) is 21.9 Å². The van der Waals surface area contributed by atoms with Crippen LogP contribution in [0.15, 0.2) is 11.4 Å². The van der Waals surface area contributed by atoms with Gasteiger partial charge in [-0.1, -0.05) is 19.3 Å². The molecule has 21 heavy (non-hydrogen) atoms. The van der Waals surface area contributed by atoms with Crippen LogP contribution in [0.5, 0.6) is 0 Å². The van der Waals surface area contributed by atoms with Crippen LogP contribution in [-0.2, 0) is 0 Å². The van der Waals surface area contributed by atoms with Crippen LogP contribution < -0.4 is 11.1 Å². The van der Waals surface area contributed by atoms with Crippen LogP contribution in [-0.4, -0.2) is 18.5 Å². The molecule has 3 nitrogen and oxygen atoms in total. The summed E-state index contributed by atoms with van der Waals surface area (Å²) in [5, 5.41) is 4.37. The van der Waals surface area contributed by atoms with E-state index in [2.05, 4.69) is 5.32 Å². The van der Waals surface area contributed by atoms with Crippen molar-refractivity contribution in [2.24, 2.45) is 11.7 Å². The topological polar surface area (TPSA) is 55.1 Å². The molecule has 1 amide bonds. The molecule has 2 rings (SSSR count). The molecular weight excluding hydrogens is 318 g/mol. The molecule has 1 heterocycles. The fraction of sp³-hybridized carbons (Fsp3) is 0.643. The Morgan fingerprint density at radius 2 is 2.05 bits per heavy atom. The Labute approximate surface area is 133 Å². The average Bonchev–Trinajstić information content (AvgIpc) is 2.95. The number of halogens is 3. The predicted molar refractivity (Wildman–Crippen MR) is 83.4 cm³/mol. The fourth-order valence-electron chi connectivity index (χ4n) is 2.82. The summed E-state index contributed by atoms with van der Waals surface area (Å²) in [6.45, 7) is 0.353. The first-order valence-corrected chi connectivity index (χ1v) is 7.88. The Morgan fingerprint density at radius 1 is 1.38 bits per heavy atom. The Morgan fingerprint density at radius 3 is 2.62 bits per heavy atom. The van der Waals surface area contributed by atoms with Crippen molar-refractivity contribution in [3.63, 3.8) is 0 Å². The summed E-state index contributed by atoms with van der Waals surface area (Å²) >= 11 is 1.05. The summed E-state index contributed by atoms with van der Waals surface area (Å²) in [5.74, 6) is -0.0519. The van der Waals surface area contributed by atoms with Gasteiger partial charge in [-0.05, 0) is 30.2 Å². The zero-order valence-corrected chi connectivity index (χ0v) is 13.3. The highest BCUT2D eigenvalue weighted by Crippen LogP contribution is 2.29. The minimum absolute atomic E-state index is 0. The molecule has 1 saturated carbocycles. The summed E-state index contributed by atoms with van der Waals surface area (Å²) in [6, 6.07) is 1.19. The molecule has 0 saturated heterocycles. The Bertz CT molecular complexity index is 450. The van der Waals surface area contributed by atoms with Crippen molar-refractivity contribution in [2.75, 3.05) is 6.54 Å². The molecule has 0 spiro atoms. The van der Waals surface area contributed by atoms with E-state index in [0.29, 0.717) is 12.5 Å². The maximum atomic E-state index is 12.8. The number of thiophene rings is 1. The van der Waals surface area contributed by atoms with Crippen LogP contribution >= 0.6 is 23.7 Å². The van der Waals surface area contributed by atoms with Gasteiger partial charge in [-0.2, -0.15) is 0 Å². The molecule has 1 fully saturated rings. The summed E-state index contributed by atoms with van der Waals surface area (Å²) in [6.07, 6.45) is 3.01. The van der Waals surface area contributed by atoms with E-state index in [1.165, 1.54) is 17.9 Å². The predicted octanol–water partition coefficient (Wildman–Crippen LogP) is 3.74. The van der Waals surface area contributed by atoms with Crippen LogP contribution in [0.2, 0.25) is 0 Å². The summed E-state index contributed by atoms with van der Waals surface area (Å²) < 4.78 is 25.6. The lowest BCUT2D eigenvalue weighted by Gasteiger charge is -2.30. The highest BCUT2D eigenvalue weighted by molar-refractivity contribution is 7.12. The summed E-state index contributed by atoms with van der Waals surface area (Å²) in [4.78, 5) is 12.3. The molecule has 1 aliphatic rings. The molecule has 1 atom stereocenters. The second-order valence-electron chi connectivity index (χ2n) is 5.22. The van der Waals surface area contributed by atoms with Crippen LogP contribution in [0, 0.1) is 5.92 Å². The normalized spacial score (nSPS) is 17.3. The number of rotatable bonds is 5. The van der Waals surface area contributed by atoms with Gasteiger partial charge in [-0.25, -0.2) is 8.78 Å². The zero-order chi connectivity index (χ0) is 14.5. The van der Waals surface area contributed by atoms with E-state index in [0.717, 1.165) is 37.0 Å². The Kier molecular flexibility index (Phi) is 7.56. The lowest BCUT2D eigenvalue weighted by atomic mass is 9.84. The van der Waals surface area contributed by atoms with Gasteiger partial charge < -0.3 is 11.1 Å². The Hall–Kier alpha value is -0.720. The number of hydrogen-bond donors (Lipinski definition) is 2. The maximum absolute atomic E-state index is 12.8. The molecule has 0 radical (unpaired) electrons. The van der Waals surface area contributed by atoms with Crippen LogP contribution in [0.1, 0.15) is 53.8 Å².